The molecule has 124 valence electrons. The van der Waals surface area contributed by atoms with Gasteiger partial charge in [-0.25, -0.2) is 4.98 Å². The van der Waals surface area contributed by atoms with Crippen molar-refractivity contribution in [1.29, 1.82) is 5.26 Å². The van der Waals surface area contributed by atoms with Crippen molar-refractivity contribution in [3.63, 3.8) is 0 Å². The van der Waals surface area contributed by atoms with Gasteiger partial charge < -0.3 is 5.11 Å². The van der Waals surface area contributed by atoms with Gasteiger partial charge in [-0.05, 0) is 17.7 Å². The molecule has 3 rings (SSSR count). The molecule has 0 saturated carbocycles. The van der Waals surface area contributed by atoms with Crippen LogP contribution >= 0.6 is 34.5 Å². The van der Waals surface area contributed by atoms with E-state index in [0.29, 0.717) is 21.3 Å². The van der Waals surface area contributed by atoms with Crippen molar-refractivity contribution in [3.8, 4) is 17.3 Å². The molecule has 1 heterocycles. The summed E-state index contributed by atoms with van der Waals surface area (Å²) in [6, 6.07) is 18.4. The normalized spacial score (nSPS) is 13.0. The van der Waals surface area contributed by atoms with Gasteiger partial charge in [0, 0.05) is 16.0 Å². The summed E-state index contributed by atoms with van der Waals surface area (Å²) in [7, 11) is 0. The molecule has 0 saturated heterocycles. The zero-order valence-electron chi connectivity index (χ0n) is 12.9. The van der Waals surface area contributed by atoms with E-state index in [4.69, 9.17) is 23.2 Å². The van der Waals surface area contributed by atoms with E-state index in [-0.39, 0.29) is 11.3 Å². The first-order chi connectivity index (χ1) is 12.1. The molecule has 1 atom stereocenters. The first-order valence-electron chi connectivity index (χ1n) is 7.34. The van der Waals surface area contributed by atoms with Crippen LogP contribution in [0.25, 0.3) is 16.8 Å². The standard InChI is InChI=1S/C19H12Cl2N2OS/c20-14-8-6-12(7-9-14)16-11-25-19(23-16)15(10-22)18(24)17(21)13-4-2-1-3-5-13/h1-9,11,17,24H/b18-15-/t17-/m0/s1. The van der Waals surface area contributed by atoms with Crippen LogP contribution in [0, 0.1) is 11.3 Å². The molecule has 0 bridgehead atoms. The molecule has 3 nitrogen and oxygen atoms in total. The Bertz CT molecular complexity index is 944. The molecule has 0 spiro atoms. The Labute approximate surface area is 159 Å². The van der Waals surface area contributed by atoms with Gasteiger partial charge in [-0.2, -0.15) is 5.26 Å². The lowest BCUT2D eigenvalue weighted by Crippen LogP contribution is -1.98. The molecule has 0 unspecified atom stereocenters. The smallest absolute Gasteiger partial charge is 0.138 e. The first-order valence-corrected chi connectivity index (χ1v) is 9.03. The molecule has 1 aromatic heterocycles. The highest BCUT2D eigenvalue weighted by atomic mass is 35.5. The SMILES string of the molecule is N#C/C(=C(/O)[C@@H](Cl)c1ccccc1)c1nc(-c2ccc(Cl)cc2)cs1. The Morgan fingerprint density at radius 2 is 1.80 bits per heavy atom. The number of hydrogen-bond acceptors (Lipinski definition) is 4. The summed E-state index contributed by atoms with van der Waals surface area (Å²) in [6.45, 7) is 0. The highest BCUT2D eigenvalue weighted by Gasteiger charge is 2.21. The Balaban J connectivity index is 1.96. The topological polar surface area (TPSA) is 56.9 Å². The third-order valence-electron chi connectivity index (χ3n) is 3.56. The van der Waals surface area contributed by atoms with Crippen LogP contribution in [0.4, 0.5) is 0 Å². The molecule has 3 aromatic rings. The summed E-state index contributed by atoms with van der Waals surface area (Å²) in [5.41, 5.74) is 2.38. The van der Waals surface area contributed by atoms with E-state index in [1.54, 1.807) is 24.3 Å². The number of allylic oxidation sites excluding steroid dienone is 2. The van der Waals surface area contributed by atoms with Crippen LogP contribution in [-0.2, 0) is 0 Å². The van der Waals surface area contributed by atoms with Crippen molar-refractivity contribution in [2.45, 2.75) is 5.38 Å². The fourth-order valence-corrected chi connectivity index (χ4v) is 3.47. The third kappa shape index (κ3) is 3.85. The molecule has 0 radical (unpaired) electrons. The second-order valence-corrected chi connectivity index (χ2v) is 6.92. The van der Waals surface area contributed by atoms with Crippen molar-refractivity contribution in [2.75, 3.05) is 0 Å². The maximum absolute atomic E-state index is 10.5. The molecule has 6 heteroatoms. The van der Waals surface area contributed by atoms with E-state index in [1.165, 1.54) is 11.3 Å². The fourth-order valence-electron chi connectivity index (χ4n) is 2.26. The number of aromatic nitrogens is 1. The Morgan fingerprint density at radius 3 is 2.44 bits per heavy atom. The minimum Gasteiger partial charge on any atom is -0.509 e. The number of aliphatic hydroxyl groups excluding tert-OH is 1. The highest BCUT2D eigenvalue weighted by Crippen LogP contribution is 2.34. The van der Waals surface area contributed by atoms with Gasteiger partial charge >= 0.3 is 0 Å². The van der Waals surface area contributed by atoms with Crippen LogP contribution in [0.15, 0.2) is 65.7 Å². The van der Waals surface area contributed by atoms with Crippen LogP contribution in [-0.4, -0.2) is 10.1 Å². The third-order valence-corrected chi connectivity index (χ3v) is 5.13. The van der Waals surface area contributed by atoms with E-state index < -0.39 is 5.38 Å². The first kappa shape index (κ1) is 17.5. The second-order valence-electron chi connectivity index (χ2n) is 5.19. The average molecular weight is 387 g/mol. The monoisotopic (exact) mass is 386 g/mol. The lowest BCUT2D eigenvalue weighted by atomic mass is 10.1. The summed E-state index contributed by atoms with van der Waals surface area (Å²) in [4.78, 5) is 4.45. The molecular weight excluding hydrogens is 375 g/mol. The molecule has 1 N–H and O–H groups in total. The Kier molecular flexibility index (Phi) is 5.40. The number of hydrogen-bond donors (Lipinski definition) is 1. The Morgan fingerprint density at radius 1 is 1.12 bits per heavy atom. The summed E-state index contributed by atoms with van der Waals surface area (Å²) in [5.74, 6) is -0.202. The fraction of sp³-hybridized carbons (Fsp3) is 0.0526. The number of aliphatic hydroxyl groups is 1. The predicted octanol–water partition coefficient (Wildman–Crippen LogP) is 6.24. The highest BCUT2D eigenvalue weighted by molar-refractivity contribution is 7.11. The van der Waals surface area contributed by atoms with E-state index in [2.05, 4.69) is 4.98 Å². The van der Waals surface area contributed by atoms with Gasteiger partial charge in [0.25, 0.3) is 0 Å². The number of benzene rings is 2. The molecule has 2 aromatic carbocycles. The minimum absolute atomic E-state index is 0.0778. The summed E-state index contributed by atoms with van der Waals surface area (Å²) in [5, 5.41) is 22.0. The lowest BCUT2D eigenvalue weighted by Gasteiger charge is -2.10. The van der Waals surface area contributed by atoms with Crippen LogP contribution in [0.3, 0.4) is 0 Å². The van der Waals surface area contributed by atoms with Crippen molar-refractivity contribution in [3.05, 3.63) is 81.3 Å². The molecule has 0 aliphatic rings. The van der Waals surface area contributed by atoms with Crippen molar-refractivity contribution in [2.24, 2.45) is 0 Å². The van der Waals surface area contributed by atoms with Crippen molar-refractivity contribution in [1.82, 2.24) is 4.98 Å². The summed E-state index contributed by atoms with van der Waals surface area (Å²) >= 11 is 13.5. The van der Waals surface area contributed by atoms with E-state index in [0.717, 1.165) is 5.56 Å². The number of halogens is 2. The van der Waals surface area contributed by atoms with Gasteiger partial charge in [0.2, 0.25) is 0 Å². The quantitative estimate of drug-likeness (QED) is 0.328. The van der Waals surface area contributed by atoms with Crippen LogP contribution < -0.4 is 0 Å². The lowest BCUT2D eigenvalue weighted by molar-refractivity contribution is 0.397. The van der Waals surface area contributed by atoms with Gasteiger partial charge in [-0.3, -0.25) is 0 Å². The van der Waals surface area contributed by atoms with Crippen molar-refractivity contribution < 1.29 is 5.11 Å². The average Bonchev–Trinajstić information content (AvgIpc) is 3.12. The van der Waals surface area contributed by atoms with Crippen molar-refractivity contribution >= 4 is 40.1 Å². The van der Waals surface area contributed by atoms with Crippen LogP contribution in [0.2, 0.25) is 5.02 Å². The van der Waals surface area contributed by atoms with E-state index >= 15 is 0 Å². The van der Waals surface area contributed by atoms with Crippen LogP contribution in [0.5, 0.6) is 0 Å². The van der Waals surface area contributed by atoms with Gasteiger partial charge in [-0.15, -0.1) is 22.9 Å². The number of thiazole rings is 1. The summed E-state index contributed by atoms with van der Waals surface area (Å²) in [6.07, 6.45) is 0. The molecule has 0 fully saturated rings. The zero-order valence-corrected chi connectivity index (χ0v) is 15.2. The minimum atomic E-state index is -0.807. The zero-order chi connectivity index (χ0) is 17.8. The number of alkyl halides is 1. The van der Waals surface area contributed by atoms with E-state index in [9.17, 15) is 10.4 Å². The second kappa shape index (κ2) is 7.71. The number of nitriles is 1. The molecular formula is C19H12Cl2N2OS. The van der Waals surface area contributed by atoms with E-state index in [1.807, 2.05) is 41.8 Å². The predicted molar refractivity (Wildman–Crippen MR) is 103 cm³/mol. The van der Waals surface area contributed by atoms with Gasteiger partial charge in [-0.1, -0.05) is 54.1 Å². The molecule has 0 aliphatic heterocycles. The number of rotatable bonds is 4. The van der Waals surface area contributed by atoms with Gasteiger partial charge in [0.05, 0.1) is 5.69 Å². The van der Waals surface area contributed by atoms with Crippen LogP contribution in [0.1, 0.15) is 15.9 Å². The van der Waals surface area contributed by atoms with Gasteiger partial charge in [0.1, 0.15) is 27.8 Å². The molecule has 0 aliphatic carbocycles. The maximum atomic E-state index is 10.5. The number of nitrogens with zero attached hydrogens (tertiary/aromatic N) is 2. The Hall–Kier alpha value is -2.32. The largest absolute Gasteiger partial charge is 0.509 e. The maximum Gasteiger partial charge on any atom is 0.138 e. The molecule has 0 amide bonds. The van der Waals surface area contributed by atoms with Gasteiger partial charge in [0.15, 0.2) is 0 Å². The molecule has 25 heavy (non-hydrogen) atoms. The summed E-state index contributed by atoms with van der Waals surface area (Å²) < 4.78 is 0.